The molecule has 1 aliphatic rings. The zero-order valence-corrected chi connectivity index (χ0v) is 20.9. The normalized spacial score (nSPS) is 17.2. The van der Waals surface area contributed by atoms with Gasteiger partial charge in [0.2, 0.25) is 5.88 Å². The monoisotopic (exact) mass is 498 g/mol. The van der Waals surface area contributed by atoms with Crippen molar-refractivity contribution in [1.29, 1.82) is 0 Å². The van der Waals surface area contributed by atoms with E-state index in [0.717, 1.165) is 50.4 Å². The smallest absolute Gasteiger partial charge is 0.213 e. The summed E-state index contributed by atoms with van der Waals surface area (Å²) >= 11 is 1.63. The van der Waals surface area contributed by atoms with Crippen molar-refractivity contribution in [2.24, 2.45) is 13.0 Å². The zero-order valence-electron chi connectivity index (χ0n) is 20.0. The van der Waals surface area contributed by atoms with E-state index >= 15 is 0 Å². The van der Waals surface area contributed by atoms with E-state index in [4.69, 9.17) is 14.7 Å². The molecule has 0 radical (unpaired) electrons. The Labute approximate surface area is 212 Å². The average molecular weight is 499 g/mol. The maximum absolute atomic E-state index is 9.53. The molecule has 0 unspecified atom stereocenters. The maximum atomic E-state index is 9.53. The molecule has 0 saturated heterocycles. The molecule has 6 rings (SSSR count). The highest BCUT2D eigenvalue weighted by molar-refractivity contribution is 7.22. The van der Waals surface area contributed by atoms with Crippen molar-refractivity contribution in [3.63, 3.8) is 0 Å². The first-order valence-electron chi connectivity index (χ1n) is 11.9. The molecule has 0 bridgehead atoms. The van der Waals surface area contributed by atoms with Crippen LogP contribution in [0.4, 0.5) is 5.82 Å². The Morgan fingerprint density at radius 2 is 1.92 bits per heavy atom. The van der Waals surface area contributed by atoms with E-state index < -0.39 is 0 Å². The lowest BCUT2D eigenvalue weighted by Gasteiger charge is -2.35. The quantitative estimate of drug-likeness (QED) is 0.325. The number of aryl methyl sites for hydroxylation is 1. The summed E-state index contributed by atoms with van der Waals surface area (Å²) in [7, 11) is 3.57. The molecular weight excluding hydrogens is 472 g/mol. The van der Waals surface area contributed by atoms with Crippen molar-refractivity contribution in [3.8, 4) is 39.1 Å². The largest absolute Gasteiger partial charge is 0.481 e. The summed E-state index contributed by atoms with van der Waals surface area (Å²) in [6, 6.07) is 14.5. The predicted molar refractivity (Wildman–Crippen MR) is 142 cm³/mol. The lowest BCUT2D eigenvalue weighted by atomic mass is 9.81. The molecule has 0 atom stereocenters. The summed E-state index contributed by atoms with van der Waals surface area (Å²) in [4.78, 5) is 20.8. The van der Waals surface area contributed by atoms with Gasteiger partial charge in [-0.2, -0.15) is 0 Å². The topological polar surface area (TPSA) is 98.0 Å². The lowest BCUT2D eigenvalue weighted by molar-refractivity contribution is 0.151. The molecule has 1 aliphatic carbocycles. The number of benzene rings is 1. The molecule has 1 aromatic carbocycles. The van der Waals surface area contributed by atoms with Crippen molar-refractivity contribution < 1.29 is 9.84 Å². The van der Waals surface area contributed by atoms with Gasteiger partial charge in [0.15, 0.2) is 11.6 Å². The number of thiophene rings is 1. The first kappa shape index (κ1) is 22.6. The summed E-state index contributed by atoms with van der Waals surface area (Å²) in [6.07, 6.45) is 7.25. The number of pyridine rings is 1. The molecule has 182 valence electrons. The van der Waals surface area contributed by atoms with E-state index in [2.05, 4.69) is 27.4 Å². The number of anilines is 1. The Bertz CT molecular complexity index is 1520. The third kappa shape index (κ3) is 4.00. The van der Waals surface area contributed by atoms with Crippen LogP contribution in [0.3, 0.4) is 0 Å². The van der Waals surface area contributed by atoms with E-state index in [1.807, 2.05) is 48.1 Å². The third-order valence-electron chi connectivity index (χ3n) is 6.68. The highest BCUT2D eigenvalue weighted by Crippen LogP contribution is 2.47. The Kier molecular flexibility index (Phi) is 5.86. The molecule has 2 N–H and O–H groups in total. The van der Waals surface area contributed by atoms with Gasteiger partial charge in [-0.25, -0.2) is 19.9 Å². The number of aromatic nitrogens is 5. The zero-order chi connectivity index (χ0) is 24.6. The van der Waals surface area contributed by atoms with Gasteiger partial charge in [-0.15, -0.1) is 11.3 Å². The predicted octanol–water partition coefficient (Wildman–Crippen LogP) is 5.01. The van der Waals surface area contributed by atoms with Gasteiger partial charge in [-0.1, -0.05) is 30.3 Å². The second-order valence-electron chi connectivity index (χ2n) is 9.06. The summed E-state index contributed by atoms with van der Waals surface area (Å²) in [5.74, 6) is 2.98. The number of hydrogen-bond acceptors (Lipinski definition) is 8. The molecule has 36 heavy (non-hydrogen) atoms. The van der Waals surface area contributed by atoms with E-state index in [9.17, 15) is 5.11 Å². The number of nitrogens with zero attached hydrogens (tertiary/aromatic N) is 5. The van der Waals surface area contributed by atoms with Crippen LogP contribution >= 0.6 is 11.3 Å². The molecule has 8 nitrogen and oxygen atoms in total. The number of imidazole rings is 1. The number of fused-ring (bicyclic) bond motifs is 1. The second kappa shape index (κ2) is 9.33. The molecular formula is C27H26N6O2S. The van der Waals surface area contributed by atoms with Crippen molar-refractivity contribution in [1.82, 2.24) is 24.5 Å². The fourth-order valence-corrected chi connectivity index (χ4v) is 5.92. The van der Waals surface area contributed by atoms with Crippen LogP contribution in [-0.2, 0) is 7.05 Å². The van der Waals surface area contributed by atoms with Gasteiger partial charge in [0.25, 0.3) is 0 Å². The number of nitrogens with one attached hydrogen (secondary N) is 1. The average Bonchev–Trinajstić information content (AvgIpc) is 3.50. The van der Waals surface area contributed by atoms with Gasteiger partial charge < -0.3 is 19.7 Å². The Morgan fingerprint density at radius 1 is 1.08 bits per heavy atom. The van der Waals surface area contributed by atoms with Crippen LogP contribution in [0.2, 0.25) is 0 Å². The molecule has 4 heterocycles. The highest BCUT2D eigenvalue weighted by Gasteiger charge is 2.31. The Morgan fingerprint density at radius 3 is 2.64 bits per heavy atom. The van der Waals surface area contributed by atoms with Gasteiger partial charge in [0, 0.05) is 54.8 Å². The summed E-state index contributed by atoms with van der Waals surface area (Å²) in [5, 5.41) is 14.2. The molecule has 1 fully saturated rings. The Hall–Kier alpha value is -3.82. The molecule has 9 heteroatoms. The SMILES string of the molecule is COc1cc(-c2sc3nc(-c4nccn4C)nc(NC4CC(CO)C4)c3c2-c2ccccc2)ccn1. The molecule has 1 saturated carbocycles. The summed E-state index contributed by atoms with van der Waals surface area (Å²) < 4.78 is 7.35. The van der Waals surface area contributed by atoms with E-state index in [-0.39, 0.29) is 12.6 Å². The minimum Gasteiger partial charge on any atom is -0.481 e. The van der Waals surface area contributed by atoms with Crippen molar-refractivity contribution in [2.75, 3.05) is 19.0 Å². The van der Waals surface area contributed by atoms with Crippen LogP contribution in [-0.4, -0.2) is 49.4 Å². The van der Waals surface area contributed by atoms with Crippen LogP contribution < -0.4 is 10.1 Å². The van der Waals surface area contributed by atoms with Gasteiger partial charge in [0.1, 0.15) is 10.6 Å². The number of aliphatic hydroxyl groups excluding tert-OH is 1. The van der Waals surface area contributed by atoms with Crippen LogP contribution in [0.15, 0.2) is 61.1 Å². The van der Waals surface area contributed by atoms with E-state index in [1.54, 1.807) is 30.8 Å². The number of methoxy groups -OCH3 is 1. The molecule has 5 aromatic rings. The molecule has 0 spiro atoms. The van der Waals surface area contributed by atoms with E-state index in [1.165, 1.54) is 0 Å². The van der Waals surface area contributed by atoms with Crippen LogP contribution in [0.25, 0.3) is 43.4 Å². The first-order valence-corrected chi connectivity index (χ1v) is 12.7. The number of aliphatic hydroxyl groups is 1. The van der Waals surface area contributed by atoms with Crippen molar-refractivity contribution >= 4 is 27.4 Å². The van der Waals surface area contributed by atoms with Crippen molar-refractivity contribution in [3.05, 3.63) is 61.1 Å². The summed E-state index contributed by atoms with van der Waals surface area (Å²) in [6.45, 7) is 0.220. The summed E-state index contributed by atoms with van der Waals surface area (Å²) in [5.41, 5.74) is 3.18. The van der Waals surface area contributed by atoms with Gasteiger partial charge in [-0.05, 0) is 36.0 Å². The third-order valence-corrected chi connectivity index (χ3v) is 7.81. The van der Waals surface area contributed by atoms with Crippen LogP contribution in [0, 0.1) is 5.92 Å². The van der Waals surface area contributed by atoms with Gasteiger partial charge in [-0.3, -0.25) is 0 Å². The second-order valence-corrected chi connectivity index (χ2v) is 10.1. The fraction of sp³-hybridized carbons (Fsp3) is 0.259. The van der Waals surface area contributed by atoms with E-state index in [0.29, 0.717) is 23.4 Å². The standard InChI is InChI=1S/C27H26N6O2S/c1-33-11-10-29-26(33)25-31-24(30-19-12-16(13-19)15-34)22-21(17-6-4-3-5-7-17)23(36-27(22)32-25)18-8-9-28-20(14-18)35-2/h3-11,14,16,19,34H,12-13,15H2,1-2H3,(H,30,31,32). The number of hydrogen-bond donors (Lipinski definition) is 2. The van der Waals surface area contributed by atoms with Crippen LogP contribution in [0.5, 0.6) is 5.88 Å². The molecule has 0 aliphatic heterocycles. The maximum Gasteiger partial charge on any atom is 0.213 e. The lowest BCUT2D eigenvalue weighted by Crippen LogP contribution is -2.37. The minimum atomic E-state index is 0.220. The number of ether oxygens (including phenoxy) is 1. The van der Waals surface area contributed by atoms with Crippen molar-refractivity contribution in [2.45, 2.75) is 18.9 Å². The first-order chi connectivity index (χ1) is 17.6. The highest BCUT2D eigenvalue weighted by atomic mass is 32.1. The van der Waals surface area contributed by atoms with Gasteiger partial charge >= 0.3 is 0 Å². The molecule has 0 amide bonds. The van der Waals surface area contributed by atoms with Gasteiger partial charge in [0.05, 0.1) is 12.5 Å². The molecule has 4 aromatic heterocycles. The fourth-order valence-electron chi connectivity index (χ4n) is 4.73. The van der Waals surface area contributed by atoms with Crippen LogP contribution in [0.1, 0.15) is 12.8 Å². The Balaban J connectivity index is 1.60. The number of rotatable bonds is 7. The minimum absolute atomic E-state index is 0.220.